The van der Waals surface area contributed by atoms with E-state index in [1.807, 2.05) is 0 Å². The minimum Gasteiger partial charge on any atom is -0.444 e. The molecule has 1 aromatic rings. The summed E-state index contributed by atoms with van der Waals surface area (Å²) >= 11 is 0. The Morgan fingerprint density at radius 1 is 1.53 bits per heavy atom. The van der Waals surface area contributed by atoms with Crippen molar-refractivity contribution in [3.05, 3.63) is 24.1 Å². The number of anilines is 1. The first kappa shape index (κ1) is 11.4. The van der Waals surface area contributed by atoms with E-state index in [9.17, 15) is 9.18 Å². The summed E-state index contributed by atoms with van der Waals surface area (Å²) in [5.74, 6) is -0.727. The molecule has 1 N–H and O–H groups in total. The Hall–Kier alpha value is -1.65. The van der Waals surface area contributed by atoms with Gasteiger partial charge in [0.1, 0.15) is 5.60 Å². The number of aromatic nitrogens is 1. The van der Waals surface area contributed by atoms with Crippen LogP contribution in [0.4, 0.5) is 15.0 Å². The molecule has 0 radical (unpaired) electrons. The van der Waals surface area contributed by atoms with E-state index >= 15 is 0 Å². The van der Waals surface area contributed by atoms with Crippen LogP contribution in [0.5, 0.6) is 0 Å². The predicted octanol–water partition coefficient (Wildman–Crippen LogP) is 2.57. The Balaban J connectivity index is 2.64. The highest BCUT2D eigenvalue weighted by molar-refractivity contribution is 5.83. The summed E-state index contributed by atoms with van der Waals surface area (Å²) in [5.41, 5.74) is -0.616. The van der Waals surface area contributed by atoms with Gasteiger partial charge in [0, 0.05) is 6.20 Å². The molecule has 0 bridgehead atoms. The number of hydrogen-bond acceptors (Lipinski definition) is 3. The first-order chi connectivity index (χ1) is 6.88. The smallest absolute Gasteiger partial charge is 0.413 e. The molecule has 0 unspecified atom stereocenters. The number of nitrogens with one attached hydrogen (secondary N) is 1. The van der Waals surface area contributed by atoms with Crippen LogP contribution in [0.25, 0.3) is 0 Å². The van der Waals surface area contributed by atoms with Gasteiger partial charge in [0.15, 0.2) is 11.6 Å². The summed E-state index contributed by atoms with van der Waals surface area (Å²) in [6.45, 7) is 5.17. The number of rotatable bonds is 1. The van der Waals surface area contributed by atoms with Gasteiger partial charge in [-0.1, -0.05) is 0 Å². The zero-order valence-corrected chi connectivity index (χ0v) is 8.87. The molecule has 0 aliphatic rings. The van der Waals surface area contributed by atoms with Crippen molar-refractivity contribution in [2.24, 2.45) is 0 Å². The van der Waals surface area contributed by atoms with Gasteiger partial charge in [0.05, 0.1) is 0 Å². The Labute approximate surface area is 87.5 Å². The van der Waals surface area contributed by atoms with Crippen molar-refractivity contribution in [3.63, 3.8) is 0 Å². The van der Waals surface area contributed by atoms with E-state index in [2.05, 4.69) is 10.3 Å². The van der Waals surface area contributed by atoms with Crippen molar-refractivity contribution >= 4 is 11.9 Å². The largest absolute Gasteiger partial charge is 0.444 e. The van der Waals surface area contributed by atoms with Crippen LogP contribution in [-0.2, 0) is 4.74 Å². The minimum atomic E-state index is -0.722. The molecule has 1 aromatic heterocycles. The molecule has 4 nitrogen and oxygen atoms in total. The van der Waals surface area contributed by atoms with Gasteiger partial charge < -0.3 is 4.74 Å². The van der Waals surface area contributed by atoms with Gasteiger partial charge in [-0.25, -0.2) is 14.2 Å². The van der Waals surface area contributed by atoms with E-state index in [4.69, 9.17) is 4.74 Å². The Bertz CT molecular complexity index is 361. The molecule has 1 rings (SSSR count). The second-order valence-electron chi connectivity index (χ2n) is 3.96. The van der Waals surface area contributed by atoms with Crippen LogP contribution in [-0.4, -0.2) is 16.7 Å². The molecule has 0 aliphatic carbocycles. The van der Waals surface area contributed by atoms with Gasteiger partial charge in [0.2, 0.25) is 0 Å². The molecule has 0 aliphatic heterocycles. The van der Waals surface area contributed by atoms with Crippen LogP contribution < -0.4 is 5.32 Å². The van der Waals surface area contributed by atoms with Crippen LogP contribution >= 0.6 is 0 Å². The number of pyridine rings is 1. The van der Waals surface area contributed by atoms with Gasteiger partial charge in [-0.05, 0) is 32.9 Å². The number of amides is 1. The highest BCUT2D eigenvalue weighted by Gasteiger charge is 2.17. The lowest BCUT2D eigenvalue weighted by atomic mass is 10.2. The highest BCUT2D eigenvalue weighted by Crippen LogP contribution is 2.12. The highest BCUT2D eigenvalue weighted by atomic mass is 19.1. The normalized spacial score (nSPS) is 10.9. The fourth-order valence-corrected chi connectivity index (χ4v) is 0.878. The lowest BCUT2D eigenvalue weighted by Crippen LogP contribution is -2.27. The van der Waals surface area contributed by atoms with Crippen molar-refractivity contribution < 1.29 is 13.9 Å². The van der Waals surface area contributed by atoms with E-state index in [0.717, 1.165) is 0 Å². The number of carbonyl (C=O) groups excluding carboxylic acids is 1. The summed E-state index contributed by atoms with van der Waals surface area (Å²) in [5, 5.41) is 2.22. The Morgan fingerprint density at radius 2 is 2.20 bits per heavy atom. The third kappa shape index (κ3) is 3.93. The average Bonchev–Trinajstić information content (AvgIpc) is 2.05. The van der Waals surface area contributed by atoms with Gasteiger partial charge in [-0.15, -0.1) is 0 Å². The molecular weight excluding hydrogens is 199 g/mol. The molecule has 0 saturated carbocycles. The van der Waals surface area contributed by atoms with Crippen LogP contribution in [0.3, 0.4) is 0 Å². The zero-order valence-electron chi connectivity index (χ0n) is 8.87. The third-order valence-electron chi connectivity index (χ3n) is 1.38. The topological polar surface area (TPSA) is 51.2 Å². The average molecular weight is 212 g/mol. The molecule has 0 aromatic carbocycles. The van der Waals surface area contributed by atoms with Crippen molar-refractivity contribution in [1.82, 2.24) is 4.98 Å². The minimum absolute atomic E-state index is 0.133. The summed E-state index contributed by atoms with van der Waals surface area (Å²) in [7, 11) is 0. The van der Waals surface area contributed by atoms with Crippen molar-refractivity contribution in [2.45, 2.75) is 26.4 Å². The summed E-state index contributed by atoms with van der Waals surface area (Å²) in [6, 6.07) is 2.65. The van der Waals surface area contributed by atoms with Gasteiger partial charge in [0.25, 0.3) is 0 Å². The van der Waals surface area contributed by atoms with Crippen molar-refractivity contribution in [2.75, 3.05) is 5.32 Å². The fraction of sp³-hybridized carbons (Fsp3) is 0.400. The van der Waals surface area contributed by atoms with E-state index in [0.29, 0.717) is 0 Å². The van der Waals surface area contributed by atoms with E-state index in [1.54, 1.807) is 20.8 Å². The first-order valence-corrected chi connectivity index (χ1v) is 4.49. The van der Waals surface area contributed by atoms with Crippen LogP contribution in [0, 0.1) is 5.82 Å². The molecule has 0 spiro atoms. The maximum absolute atomic E-state index is 13.1. The summed E-state index contributed by atoms with van der Waals surface area (Å²) < 4.78 is 18.0. The van der Waals surface area contributed by atoms with Crippen LogP contribution in [0.2, 0.25) is 0 Å². The Morgan fingerprint density at radius 3 is 2.73 bits per heavy atom. The molecule has 1 heterocycles. The lowest BCUT2D eigenvalue weighted by Gasteiger charge is -2.19. The number of carbonyl (C=O) groups is 1. The molecule has 0 saturated heterocycles. The number of halogens is 1. The number of ether oxygens (including phenoxy) is 1. The first-order valence-electron chi connectivity index (χ1n) is 4.49. The van der Waals surface area contributed by atoms with E-state index < -0.39 is 17.5 Å². The standard InChI is InChI=1S/C10H13FN2O2/c1-10(2,3)15-9(14)13-8-7(11)5-4-6-12-8/h4-6H,1-3H3,(H,12,13,14). The van der Waals surface area contributed by atoms with E-state index in [1.165, 1.54) is 18.3 Å². The maximum atomic E-state index is 13.1. The summed E-state index contributed by atoms with van der Waals surface area (Å²) in [4.78, 5) is 14.9. The fourth-order valence-electron chi connectivity index (χ4n) is 0.878. The molecule has 82 valence electrons. The maximum Gasteiger partial charge on any atom is 0.413 e. The molecule has 1 amide bonds. The third-order valence-corrected chi connectivity index (χ3v) is 1.38. The monoisotopic (exact) mass is 212 g/mol. The van der Waals surface area contributed by atoms with Crippen molar-refractivity contribution in [3.8, 4) is 0 Å². The molecular formula is C10H13FN2O2. The Kier molecular flexibility index (Phi) is 3.24. The molecule has 15 heavy (non-hydrogen) atoms. The molecule has 0 fully saturated rings. The second-order valence-corrected chi connectivity index (χ2v) is 3.96. The van der Waals surface area contributed by atoms with Crippen LogP contribution in [0.15, 0.2) is 18.3 Å². The summed E-state index contributed by atoms with van der Waals surface area (Å²) in [6.07, 6.45) is 0.663. The van der Waals surface area contributed by atoms with Gasteiger partial charge in [-0.2, -0.15) is 0 Å². The predicted molar refractivity (Wildman–Crippen MR) is 54.1 cm³/mol. The molecule has 0 atom stereocenters. The lowest BCUT2D eigenvalue weighted by molar-refractivity contribution is 0.0634. The zero-order chi connectivity index (χ0) is 11.5. The van der Waals surface area contributed by atoms with Gasteiger partial charge >= 0.3 is 6.09 Å². The van der Waals surface area contributed by atoms with Crippen LogP contribution in [0.1, 0.15) is 20.8 Å². The molecule has 5 heteroatoms. The number of nitrogens with zero attached hydrogens (tertiary/aromatic N) is 1. The van der Waals surface area contributed by atoms with Gasteiger partial charge in [-0.3, -0.25) is 5.32 Å². The van der Waals surface area contributed by atoms with Crippen molar-refractivity contribution in [1.29, 1.82) is 0 Å². The quantitative estimate of drug-likeness (QED) is 0.778. The second kappa shape index (κ2) is 4.25. The SMILES string of the molecule is CC(C)(C)OC(=O)Nc1ncccc1F. The van der Waals surface area contributed by atoms with E-state index in [-0.39, 0.29) is 5.82 Å². The number of hydrogen-bond donors (Lipinski definition) is 1.